The van der Waals surface area contributed by atoms with Crippen molar-refractivity contribution in [2.45, 2.75) is 19.6 Å². The van der Waals surface area contributed by atoms with Gasteiger partial charge in [-0.3, -0.25) is 0 Å². The molecule has 1 unspecified atom stereocenters. The summed E-state index contributed by atoms with van der Waals surface area (Å²) in [6.07, 6.45) is 0. The fourth-order valence-corrected chi connectivity index (χ4v) is 2.39. The second kappa shape index (κ2) is 6.41. The number of aliphatic hydroxyl groups excluding tert-OH is 1. The Balaban J connectivity index is 2.41. The molecule has 0 heterocycles. The predicted octanol–water partition coefficient (Wildman–Crippen LogP) is 3.51. The van der Waals surface area contributed by atoms with Crippen LogP contribution in [0.3, 0.4) is 0 Å². The van der Waals surface area contributed by atoms with Gasteiger partial charge >= 0.3 is 0 Å². The molecule has 1 aromatic carbocycles. The summed E-state index contributed by atoms with van der Waals surface area (Å²) in [4.78, 5) is 0. The predicted molar refractivity (Wildman–Crippen MR) is 68.6 cm³/mol. The van der Waals surface area contributed by atoms with Crippen molar-refractivity contribution in [2.24, 2.45) is 5.92 Å². The zero-order valence-corrected chi connectivity index (χ0v) is 10.7. The van der Waals surface area contributed by atoms with E-state index in [4.69, 9.17) is 16.7 Å². The number of aryl methyl sites for hydroxylation is 1. The first-order valence-electron chi connectivity index (χ1n) is 5.07. The van der Waals surface area contributed by atoms with Crippen molar-refractivity contribution >= 4 is 23.4 Å². The van der Waals surface area contributed by atoms with E-state index in [1.807, 2.05) is 24.8 Å². The van der Waals surface area contributed by atoms with Crippen LogP contribution in [0.4, 0.5) is 0 Å². The molecule has 84 valence electrons. The Bertz CT molecular complexity index is 314. The molecular formula is C12H17ClOS. The minimum atomic E-state index is 0.270. The van der Waals surface area contributed by atoms with Crippen LogP contribution in [0, 0.1) is 12.8 Å². The van der Waals surface area contributed by atoms with E-state index in [1.165, 1.54) is 5.56 Å². The van der Waals surface area contributed by atoms with E-state index in [1.54, 1.807) is 0 Å². The van der Waals surface area contributed by atoms with Crippen LogP contribution in [-0.4, -0.2) is 17.5 Å². The molecule has 1 aromatic rings. The molecule has 0 saturated heterocycles. The first-order valence-corrected chi connectivity index (χ1v) is 6.60. The topological polar surface area (TPSA) is 20.2 Å². The van der Waals surface area contributed by atoms with Crippen molar-refractivity contribution in [1.82, 2.24) is 0 Å². The smallest absolute Gasteiger partial charge is 0.0464 e. The maximum absolute atomic E-state index is 8.88. The summed E-state index contributed by atoms with van der Waals surface area (Å²) in [5.41, 5.74) is 2.43. The van der Waals surface area contributed by atoms with Gasteiger partial charge < -0.3 is 5.11 Å². The molecule has 3 heteroatoms. The first-order chi connectivity index (χ1) is 7.13. The molecule has 0 aromatic heterocycles. The summed E-state index contributed by atoms with van der Waals surface area (Å²) in [7, 11) is 0. The van der Waals surface area contributed by atoms with Gasteiger partial charge in [-0.05, 0) is 35.8 Å². The molecule has 15 heavy (non-hydrogen) atoms. The lowest BCUT2D eigenvalue weighted by Gasteiger charge is -2.08. The molecule has 1 rings (SSSR count). The second-order valence-corrected chi connectivity index (χ2v) is 5.32. The van der Waals surface area contributed by atoms with Crippen LogP contribution in [0.15, 0.2) is 18.2 Å². The van der Waals surface area contributed by atoms with Crippen molar-refractivity contribution < 1.29 is 5.11 Å². The van der Waals surface area contributed by atoms with Crippen LogP contribution in [0.5, 0.6) is 0 Å². The van der Waals surface area contributed by atoms with Crippen LogP contribution in [0.25, 0.3) is 0 Å². The summed E-state index contributed by atoms with van der Waals surface area (Å²) in [6, 6.07) is 6.13. The van der Waals surface area contributed by atoms with Crippen molar-refractivity contribution in [3.8, 4) is 0 Å². The molecule has 1 atom stereocenters. The van der Waals surface area contributed by atoms with Gasteiger partial charge in [0.05, 0.1) is 0 Å². The van der Waals surface area contributed by atoms with Gasteiger partial charge in [-0.2, -0.15) is 11.8 Å². The van der Waals surface area contributed by atoms with Crippen molar-refractivity contribution in [3.05, 3.63) is 34.3 Å². The zero-order chi connectivity index (χ0) is 11.3. The Morgan fingerprint density at radius 1 is 1.47 bits per heavy atom. The largest absolute Gasteiger partial charge is 0.396 e. The molecule has 0 aliphatic rings. The number of benzene rings is 1. The lowest BCUT2D eigenvalue weighted by Crippen LogP contribution is -2.03. The normalized spacial score (nSPS) is 12.8. The van der Waals surface area contributed by atoms with E-state index < -0.39 is 0 Å². The number of aliphatic hydroxyl groups is 1. The summed E-state index contributed by atoms with van der Waals surface area (Å²) in [6.45, 7) is 4.35. The maximum atomic E-state index is 8.88. The Morgan fingerprint density at radius 2 is 2.20 bits per heavy atom. The van der Waals surface area contributed by atoms with Crippen LogP contribution in [0.2, 0.25) is 5.02 Å². The highest BCUT2D eigenvalue weighted by Gasteiger charge is 2.01. The van der Waals surface area contributed by atoms with Gasteiger partial charge in [-0.1, -0.05) is 30.7 Å². The highest BCUT2D eigenvalue weighted by atomic mass is 35.5. The molecule has 1 N–H and O–H groups in total. The zero-order valence-electron chi connectivity index (χ0n) is 9.16. The molecule has 0 bridgehead atoms. The first kappa shape index (κ1) is 12.9. The Kier molecular flexibility index (Phi) is 5.51. The van der Waals surface area contributed by atoms with E-state index in [2.05, 4.69) is 19.1 Å². The second-order valence-electron chi connectivity index (χ2n) is 3.89. The molecule has 0 aliphatic heterocycles. The van der Waals surface area contributed by atoms with Crippen LogP contribution >= 0.6 is 23.4 Å². The third-order valence-electron chi connectivity index (χ3n) is 2.21. The Morgan fingerprint density at radius 3 is 2.80 bits per heavy atom. The summed E-state index contributed by atoms with van der Waals surface area (Å²) >= 11 is 7.80. The summed E-state index contributed by atoms with van der Waals surface area (Å²) in [5.74, 6) is 2.36. The highest BCUT2D eigenvalue weighted by Crippen LogP contribution is 2.20. The monoisotopic (exact) mass is 244 g/mol. The lowest BCUT2D eigenvalue weighted by atomic mass is 10.2. The fraction of sp³-hybridized carbons (Fsp3) is 0.500. The quantitative estimate of drug-likeness (QED) is 0.856. The maximum Gasteiger partial charge on any atom is 0.0464 e. The standard InChI is InChI=1S/C12H17ClOS/c1-9(6-14)7-15-8-11-3-4-12(13)10(2)5-11/h3-5,9,14H,6-8H2,1-2H3. The van der Waals surface area contributed by atoms with Gasteiger partial charge in [0.1, 0.15) is 0 Å². The van der Waals surface area contributed by atoms with E-state index in [0.29, 0.717) is 5.92 Å². The lowest BCUT2D eigenvalue weighted by molar-refractivity contribution is 0.250. The number of hydrogen-bond acceptors (Lipinski definition) is 2. The van der Waals surface area contributed by atoms with Crippen molar-refractivity contribution in [3.63, 3.8) is 0 Å². The molecule has 0 fully saturated rings. The fourth-order valence-electron chi connectivity index (χ4n) is 1.23. The number of rotatable bonds is 5. The average Bonchev–Trinajstić information content (AvgIpc) is 2.23. The third kappa shape index (κ3) is 4.45. The molecule has 0 saturated carbocycles. The van der Waals surface area contributed by atoms with Crippen LogP contribution in [0.1, 0.15) is 18.1 Å². The Labute approximate surface area is 101 Å². The average molecular weight is 245 g/mol. The molecule has 1 nitrogen and oxygen atoms in total. The van der Waals surface area contributed by atoms with Gasteiger partial charge in [0.2, 0.25) is 0 Å². The van der Waals surface area contributed by atoms with E-state index >= 15 is 0 Å². The SMILES string of the molecule is Cc1cc(CSCC(C)CO)ccc1Cl. The molecule has 0 aliphatic carbocycles. The van der Waals surface area contributed by atoms with E-state index in [0.717, 1.165) is 22.1 Å². The van der Waals surface area contributed by atoms with Crippen LogP contribution < -0.4 is 0 Å². The van der Waals surface area contributed by atoms with E-state index in [9.17, 15) is 0 Å². The van der Waals surface area contributed by atoms with E-state index in [-0.39, 0.29) is 6.61 Å². The van der Waals surface area contributed by atoms with Crippen molar-refractivity contribution in [1.29, 1.82) is 0 Å². The number of hydrogen-bond donors (Lipinski definition) is 1. The van der Waals surface area contributed by atoms with Crippen LogP contribution in [-0.2, 0) is 5.75 Å². The van der Waals surface area contributed by atoms with Gasteiger partial charge in [0, 0.05) is 17.4 Å². The molecular weight excluding hydrogens is 228 g/mol. The molecule has 0 spiro atoms. The summed E-state index contributed by atoms with van der Waals surface area (Å²) < 4.78 is 0. The van der Waals surface area contributed by atoms with Gasteiger partial charge in [-0.15, -0.1) is 0 Å². The van der Waals surface area contributed by atoms with Gasteiger partial charge in [0.15, 0.2) is 0 Å². The number of thioether (sulfide) groups is 1. The molecule has 0 radical (unpaired) electrons. The van der Waals surface area contributed by atoms with Gasteiger partial charge in [-0.25, -0.2) is 0 Å². The van der Waals surface area contributed by atoms with Gasteiger partial charge in [0.25, 0.3) is 0 Å². The highest BCUT2D eigenvalue weighted by molar-refractivity contribution is 7.98. The number of halogens is 1. The molecule has 0 amide bonds. The third-order valence-corrected chi connectivity index (χ3v) is 3.97. The van der Waals surface area contributed by atoms with Crippen molar-refractivity contribution in [2.75, 3.05) is 12.4 Å². The Hall–Kier alpha value is -0.180. The minimum absolute atomic E-state index is 0.270. The summed E-state index contributed by atoms with van der Waals surface area (Å²) in [5, 5.41) is 9.71. The minimum Gasteiger partial charge on any atom is -0.396 e.